The second-order valence-electron chi connectivity index (χ2n) is 6.97. The van der Waals surface area contributed by atoms with Crippen molar-refractivity contribution in [1.29, 1.82) is 0 Å². The number of ether oxygens (including phenoxy) is 3. The smallest absolute Gasteiger partial charge is 0.231 e. The van der Waals surface area contributed by atoms with Crippen molar-refractivity contribution in [2.24, 2.45) is 0 Å². The van der Waals surface area contributed by atoms with Crippen LogP contribution < -0.4 is 14.2 Å². The summed E-state index contributed by atoms with van der Waals surface area (Å²) in [5.74, 6) is 3.14. The molecule has 0 atom stereocenters. The van der Waals surface area contributed by atoms with Crippen LogP contribution in [0.25, 0.3) is 6.08 Å². The third kappa shape index (κ3) is 3.28. The van der Waals surface area contributed by atoms with E-state index in [9.17, 15) is 4.79 Å². The number of carbonyl (C=O) groups is 1. The standard InChI is InChI=1S/C23H19NO5/c1-26-16-6-4-15(5-7-16)11-21-22(25)18-8-9-20-19(23(18)29-21)13-24(14-28-20)12-17-3-2-10-27-17/h2-11H,12-14H2,1H3/b21-11-. The van der Waals surface area contributed by atoms with E-state index in [1.54, 1.807) is 25.5 Å². The lowest BCUT2D eigenvalue weighted by Crippen LogP contribution is -2.31. The molecule has 0 spiro atoms. The first-order valence-electron chi connectivity index (χ1n) is 9.33. The van der Waals surface area contributed by atoms with Crippen LogP contribution in [0.15, 0.2) is 65.0 Å². The second-order valence-corrected chi connectivity index (χ2v) is 6.97. The summed E-state index contributed by atoms with van der Waals surface area (Å²) in [5.41, 5.74) is 2.31. The maximum Gasteiger partial charge on any atom is 0.231 e. The number of ketones is 1. The van der Waals surface area contributed by atoms with E-state index in [4.69, 9.17) is 18.6 Å². The Morgan fingerprint density at radius 3 is 2.76 bits per heavy atom. The van der Waals surface area contributed by atoms with Gasteiger partial charge in [0.1, 0.15) is 29.7 Å². The number of fused-ring (bicyclic) bond motifs is 3. The van der Waals surface area contributed by atoms with Crippen molar-refractivity contribution in [2.45, 2.75) is 13.1 Å². The third-order valence-corrected chi connectivity index (χ3v) is 5.06. The number of Topliss-reactive ketones (excluding diaryl/α,β-unsaturated/α-hetero) is 1. The number of benzene rings is 2. The number of hydrogen-bond acceptors (Lipinski definition) is 6. The molecule has 2 aliphatic rings. The predicted octanol–water partition coefficient (Wildman–Crippen LogP) is 4.26. The van der Waals surface area contributed by atoms with E-state index < -0.39 is 0 Å². The lowest BCUT2D eigenvalue weighted by Gasteiger charge is -2.29. The van der Waals surface area contributed by atoms with E-state index in [2.05, 4.69) is 4.90 Å². The van der Waals surface area contributed by atoms with E-state index in [0.717, 1.165) is 28.4 Å². The van der Waals surface area contributed by atoms with Crippen LogP contribution in [0, 0.1) is 0 Å². The number of rotatable bonds is 4. The molecule has 0 fully saturated rings. The monoisotopic (exact) mass is 389 g/mol. The molecule has 1 aromatic heterocycles. The van der Waals surface area contributed by atoms with Gasteiger partial charge in [-0.1, -0.05) is 12.1 Å². The Morgan fingerprint density at radius 2 is 2.00 bits per heavy atom. The number of methoxy groups -OCH3 is 1. The summed E-state index contributed by atoms with van der Waals surface area (Å²) in [4.78, 5) is 15.0. The molecule has 0 aliphatic carbocycles. The van der Waals surface area contributed by atoms with Crippen molar-refractivity contribution in [1.82, 2.24) is 4.90 Å². The average molecular weight is 389 g/mol. The molecular weight excluding hydrogens is 370 g/mol. The summed E-state index contributed by atoms with van der Waals surface area (Å²) in [6.07, 6.45) is 3.41. The zero-order chi connectivity index (χ0) is 19.8. The van der Waals surface area contributed by atoms with Gasteiger partial charge in [0.05, 0.1) is 31.0 Å². The Morgan fingerprint density at radius 1 is 1.14 bits per heavy atom. The highest BCUT2D eigenvalue weighted by molar-refractivity contribution is 6.15. The SMILES string of the molecule is COc1ccc(/C=C2\Oc3c(ccc4c3CN(Cc3ccco3)CO4)C2=O)cc1. The van der Waals surface area contributed by atoms with E-state index in [1.807, 2.05) is 42.5 Å². The lowest BCUT2D eigenvalue weighted by atomic mass is 10.0. The van der Waals surface area contributed by atoms with Crippen molar-refractivity contribution >= 4 is 11.9 Å². The first-order valence-corrected chi connectivity index (χ1v) is 9.33. The molecule has 6 nitrogen and oxygen atoms in total. The van der Waals surface area contributed by atoms with E-state index in [0.29, 0.717) is 36.9 Å². The Kier molecular flexibility index (Phi) is 4.33. The molecule has 3 heterocycles. The molecule has 0 saturated heterocycles. The number of furan rings is 1. The van der Waals surface area contributed by atoms with Crippen LogP contribution in [-0.4, -0.2) is 24.5 Å². The first-order chi connectivity index (χ1) is 14.2. The van der Waals surface area contributed by atoms with Crippen molar-refractivity contribution in [3.63, 3.8) is 0 Å². The maximum absolute atomic E-state index is 12.9. The van der Waals surface area contributed by atoms with Gasteiger partial charge in [-0.15, -0.1) is 0 Å². The molecule has 0 N–H and O–H groups in total. The normalized spacial score (nSPS) is 16.9. The minimum Gasteiger partial charge on any atom is -0.497 e. The highest BCUT2D eigenvalue weighted by Gasteiger charge is 2.33. The number of hydrogen-bond donors (Lipinski definition) is 0. The third-order valence-electron chi connectivity index (χ3n) is 5.06. The molecule has 29 heavy (non-hydrogen) atoms. The lowest BCUT2D eigenvalue weighted by molar-refractivity contribution is 0.0810. The Balaban J connectivity index is 1.42. The molecule has 0 saturated carbocycles. The fraction of sp³-hybridized carbons (Fsp3) is 0.174. The van der Waals surface area contributed by atoms with Crippen LogP contribution in [-0.2, 0) is 13.1 Å². The quantitative estimate of drug-likeness (QED) is 0.622. The molecule has 0 amide bonds. The predicted molar refractivity (Wildman–Crippen MR) is 106 cm³/mol. The van der Waals surface area contributed by atoms with Crippen LogP contribution in [0.2, 0.25) is 0 Å². The summed E-state index contributed by atoms with van der Waals surface area (Å²) in [6, 6.07) is 14.9. The van der Waals surface area contributed by atoms with Crippen LogP contribution in [0.4, 0.5) is 0 Å². The van der Waals surface area contributed by atoms with Crippen molar-refractivity contribution in [3.05, 3.63) is 83.0 Å². The zero-order valence-corrected chi connectivity index (χ0v) is 15.9. The highest BCUT2D eigenvalue weighted by Crippen LogP contribution is 2.42. The average Bonchev–Trinajstić information content (AvgIpc) is 3.37. The number of carbonyl (C=O) groups excluding carboxylic acids is 1. The summed E-state index contributed by atoms with van der Waals surface area (Å²) in [5, 5.41) is 0. The molecule has 2 aromatic carbocycles. The van der Waals surface area contributed by atoms with Crippen molar-refractivity contribution < 1.29 is 23.4 Å². The molecule has 146 valence electrons. The first kappa shape index (κ1) is 17.6. The van der Waals surface area contributed by atoms with Gasteiger partial charge in [-0.3, -0.25) is 9.69 Å². The molecule has 6 heteroatoms. The zero-order valence-electron chi connectivity index (χ0n) is 15.9. The van der Waals surface area contributed by atoms with Gasteiger partial charge < -0.3 is 18.6 Å². The van der Waals surface area contributed by atoms with Crippen molar-refractivity contribution in [2.75, 3.05) is 13.8 Å². The molecule has 2 aliphatic heterocycles. The highest BCUT2D eigenvalue weighted by atomic mass is 16.5. The van der Waals surface area contributed by atoms with Crippen LogP contribution in [0.3, 0.4) is 0 Å². The summed E-state index contributed by atoms with van der Waals surface area (Å²) >= 11 is 0. The van der Waals surface area contributed by atoms with Gasteiger partial charge in [-0.05, 0) is 48.0 Å². The van der Waals surface area contributed by atoms with Gasteiger partial charge >= 0.3 is 0 Å². The Bertz CT molecular complexity index is 1080. The number of nitrogens with zero attached hydrogens (tertiary/aromatic N) is 1. The van der Waals surface area contributed by atoms with Crippen LogP contribution in [0.5, 0.6) is 17.2 Å². The minimum atomic E-state index is -0.123. The van der Waals surface area contributed by atoms with Gasteiger partial charge in [0, 0.05) is 6.54 Å². The minimum absolute atomic E-state index is 0.123. The molecule has 3 aromatic rings. The van der Waals surface area contributed by atoms with E-state index >= 15 is 0 Å². The number of allylic oxidation sites excluding steroid dienone is 1. The Hall–Kier alpha value is -3.51. The fourth-order valence-corrected chi connectivity index (χ4v) is 3.58. The largest absolute Gasteiger partial charge is 0.497 e. The molecule has 0 unspecified atom stereocenters. The van der Waals surface area contributed by atoms with Gasteiger partial charge in [0.25, 0.3) is 0 Å². The molecule has 0 bridgehead atoms. The molecule has 5 rings (SSSR count). The van der Waals surface area contributed by atoms with Crippen LogP contribution >= 0.6 is 0 Å². The van der Waals surface area contributed by atoms with E-state index in [1.165, 1.54) is 0 Å². The van der Waals surface area contributed by atoms with Crippen molar-refractivity contribution in [3.8, 4) is 17.2 Å². The summed E-state index contributed by atoms with van der Waals surface area (Å²) in [6.45, 7) is 1.69. The maximum atomic E-state index is 12.9. The summed E-state index contributed by atoms with van der Waals surface area (Å²) in [7, 11) is 1.62. The van der Waals surface area contributed by atoms with Crippen LogP contribution in [0.1, 0.15) is 27.2 Å². The second kappa shape index (κ2) is 7.14. The van der Waals surface area contributed by atoms with E-state index in [-0.39, 0.29) is 5.78 Å². The fourth-order valence-electron chi connectivity index (χ4n) is 3.58. The molecular formula is C23H19NO5. The molecule has 0 radical (unpaired) electrons. The van der Waals surface area contributed by atoms with Gasteiger partial charge in [-0.25, -0.2) is 0 Å². The van der Waals surface area contributed by atoms with Gasteiger partial charge in [-0.2, -0.15) is 0 Å². The Labute approximate surface area is 167 Å². The van der Waals surface area contributed by atoms with Gasteiger partial charge in [0.15, 0.2) is 5.76 Å². The van der Waals surface area contributed by atoms with Gasteiger partial charge in [0.2, 0.25) is 5.78 Å². The topological polar surface area (TPSA) is 61.1 Å². The summed E-state index contributed by atoms with van der Waals surface area (Å²) < 4.78 is 22.5.